The van der Waals surface area contributed by atoms with E-state index in [2.05, 4.69) is 30.4 Å². The number of aromatic nitrogens is 4. The molecule has 4 fully saturated rings. The van der Waals surface area contributed by atoms with Gasteiger partial charge in [0.05, 0.1) is 48.0 Å². The Morgan fingerprint density at radius 2 is 1.30 bits per heavy atom. The van der Waals surface area contributed by atoms with E-state index in [4.69, 9.17) is 32.8 Å². The lowest BCUT2D eigenvalue weighted by Crippen LogP contribution is -2.34. The van der Waals surface area contributed by atoms with Crippen LogP contribution in [0, 0.1) is 27.5 Å². The Kier molecular flexibility index (Phi) is 8.00. The van der Waals surface area contributed by atoms with Gasteiger partial charge in [-0.2, -0.15) is 0 Å². The normalized spacial score (nSPS) is 30.3. The second-order valence-corrected chi connectivity index (χ2v) is 19.9. The van der Waals surface area contributed by atoms with Gasteiger partial charge in [0.1, 0.15) is 0 Å². The lowest BCUT2D eigenvalue weighted by molar-refractivity contribution is -0.148. The Hall–Kier alpha value is -4.63. The van der Waals surface area contributed by atoms with Gasteiger partial charge in [-0.3, -0.25) is 24.2 Å². The number of fused-ring (bicyclic) bond motifs is 6. The molecule has 0 unspecified atom stereocenters. The van der Waals surface area contributed by atoms with E-state index in [9.17, 15) is 19.5 Å². The van der Waals surface area contributed by atoms with Crippen molar-refractivity contribution in [2.75, 3.05) is 50.5 Å². The van der Waals surface area contributed by atoms with Gasteiger partial charge in [-0.25, -0.2) is 14.4 Å². The molecule has 10 rings (SSSR count). The van der Waals surface area contributed by atoms with Gasteiger partial charge in [0, 0.05) is 90.8 Å². The van der Waals surface area contributed by atoms with E-state index in [0.29, 0.717) is 50.3 Å². The van der Waals surface area contributed by atoms with E-state index in [1.807, 2.05) is 0 Å². The maximum Gasteiger partial charge on any atom is 0.309 e. The zero-order valence-electron chi connectivity index (χ0n) is 47.9. The average Bonchev–Trinajstić information content (AvgIpc) is 4.26. The van der Waals surface area contributed by atoms with E-state index in [0.717, 1.165) is 80.1 Å². The SMILES string of the molecule is [2H]c1c([2H])c(NC(=O)c2nc3c(n2C([2H])([2H])[2H])CCN(CCC24CCC(COC)(CC2)C4)C3)c(F)c(-c2c([2H])c([2H])c([2H])c(NC(=O)c3nc4c(n3C([2H])([2H])[2H])CCN(CCC35CCC(C(=O)O)(CC3)C5)C4)c2Cl)c1[2H]. The molecule has 340 valence electrons. The molecule has 2 amide bonds. The molecule has 2 aromatic heterocycles. The third-order valence-electron chi connectivity index (χ3n) is 15.9. The number of hydrogen-bond acceptors (Lipinski definition) is 8. The van der Waals surface area contributed by atoms with Gasteiger partial charge in [0.15, 0.2) is 17.5 Å². The number of aliphatic carboxylic acids is 1. The maximum atomic E-state index is 17.2. The molecule has 2 aliphatic heterocycles. The molecule has 4 aromatic rings. The van der Waals surface area contributed by atoms with Crippen LogP contribution in [0.4, 0.5) is 15.8 Å². The predicted molar refractivity (Wildman–Crippen MR) is 242 cm³/mol. The summed E-state index contributed by atoms with van der Waals surface area (Å²) in [7, 11) is 1.73. The first kappa shape index (κ1) is 31.3. The molecule has 15 heteroatoms. The summed E-state index contributed by atoms with van der Waals surface area (Å²) in [6.45, 7) is -2.44. The van der Waals surface area contributed by atoms with Crippen molar-refractivity contribution in [3.8, 4) is 11.1 Å². The Morgan fingerprint density at radius 3 is 1.84 bits per heavy atom. The van der Waals surface area contributed by atoms with Crippen LogP contribution in [0.5, 0.6) is 0 Å². The minimum Gasteiger partial charge on any atom is -0.481 e. The highest BCUT2D eigenvalue weighted by Crippen LogP contribution is 2.64. The van der Waals surface area contributed by atoms with Crippen LogP contribution in [0.25, 0.3) is 11.1 Å². The van der Waals surface area contributed by atoms with Gasteiger partial charge >= 0.3 is 5.97 Å². The van der Waals surface area contributed by atoms with Gasteiger partial charge in [-0.05, 0) is 118 Å². The Morgan fingerprint density at radius 1 is 0.781 bits per heavy atom. The highest BCUT2D eigenvalue weighted by atomic mass is 35.5. The Balaban J connectivity index is 0.910. The zero-order chi connectivity index (χ0) is 54.8. The monoisotopic (exact) mass is 907 g/mol. The number of anilines is 2. The highest BCUT2D eigenvalue weighted by Gasteiger charge is 2.58. The number of methoxy groups -OCH3 is 1. The number of hydrogen-bond donors (Lipinski definition) is 3. The number of nitrogens with one attached hydrogen (secondary N) is 2. The number of nitrogens with zero attached hydrogens (tertiary/aromatic N) is 6. The van der Waals surface area contributed by atoms with Crippen molar-refractivity contribution in [3.05, 3.63) is 81.5 Å². The van der Waals surface area contributed by atoms with Crippen LogP contribution in [-0.4, -0.2) is 91.7 Å². The summed E-state index contributed by atoms with van der Waals surface area (Å²) >= 11 is 6.83. The number of amides is 2. The second-order valence-electron chi connectivity index (χ2n) is 19.5. The zero-order valence-corrected chi connectivity index (χ0v) is 36.6. The van der Waals surface area contributed by atoms with Crippen molar-refractivity contribution in [2.45, 2.75) is 103 Å². The summed E-state index contributed by atoms with van der Waals surface area (Å²) in [5.74, 6) is -5.98. The molecule has 4 heterocycles. The molecule has 0 atom stereocenters. The number of carboxylic acid groups (broad SMARTS) is 1. The van der Waals surface area contributed by atoms with Crippen molar-refractivity contribution in [2.24, 2.45) is 35.6 Å². The molecule has 4 bridgehead atoms. The summed E-state index contributed by atoms with van der Waals surface area (Å²) in [6, 6.07) is -5.67. The van der Waals surface area contributed by atoms with Crippen molar-refractivity contribution < 1.29 is 45.1 Å². The highest BCUT2D eigenvalue weighted by molar-refractivity contribution is 6.36. The number of benzene rings is 2. The van der Waals surface area contributed by atoms with E-state index in [1.165, 1.54) is 0 Å². The first-order chi connectivity index (χ1) is 35.7. The van der Waals surface area contributed by atoms with Gasteiger partial charge < -0.3 is 29.6 Å². The van der Waals surface area contributed by atoms with Gasteiger partial charge in [-0.15, -0.1) is 0 Å². The van der Waals surface area contributed by atoms with E-state index >= 15 is 4.39 Å². The smallest absolute Gasteiger partial charge is 0.309 e. The summed E-state index contributed by atoms with van der Waals surface area (Å²) in [4.78, 5) is 53.7. The van der Waals surface area contributed by atoms with E-state index in [1.54, 1.807) is 7.11 Å². The molecule has 0 spiro atoms. The first-order valence-corrected chi connectivity index (χ1v) is 22.6. The lowest BCUT2D eigenvalue weighted by Gasteiger charge is -2.32. The number of ether oxygens (including phenoxy) is 1. The third-order valence-corrected chi connectivity index (χ3v) is 16.3. The van der Waals surface area contributed by atoms with Crippen LogP contribution in [0.15, 0.2) is 36.3 Å². The van der Waals surface area contributed by atoms with Crippen LogP contribution in [0.1, 0.15) is 138 Å². The average molecular weight is 908 g/mol. The second kappa shape index (κ2) is 16.4. The van der Waals surface area contributed by atoms with Crippen LogP contribution >= 0.6 is 11.6 Å². The maximum absolute atomic E-state index is 17.2. The Bertz CT molecular complexity index is 3070. The van der Waals surface area contributed by atoms with Crippen LogP contribution in [-0.2, 0) is 49.4 Å². The molecule has 2 aromatic carbocycles. The number of rotatable bonds is 14. The van der Waals surface area contributed by atoms with E-state index in [-0.39, 0.29) is 53.6 Å². The molecule has 3 N–H and O–H groups in total. The minimum absolute atomic E-state index is 0.0952. The van der Waals surface area contributed by atoms with Crippen LogP contribution in [0.2, 0.25) is 5.02 Å². The topological polar surface area (TPSA) is 147 Å². The first-order valence-electron chi connectivity index (χ1n) is 28.3. The van der Waals surface area contributed by atoms with Gasteiger partial charge in [0.25, 0.3) is 11.8 Å². The van der Waals surface area contributed by atoms with Gasteiger partial charge in [0.2, 0.25) is 0 Å². The summed E-state index contributed by atoms with van der Waals surface area (Å²) in [5, 5.41) is 13.7. The molecule has 13 nitrogen and oxygen atoms in total. The lowest BCUT2D eigenvalue weighted by atomic mass is 9.80. The number of carboxylic acids is 1. The Labute approximate surface area is 395 Å². The van der Waals surface area contributed by atoms with Gasteiger partial charge in [-0.1, -0.05) is 35.8 Å². The van der Waals surface area contributed by atoms with Crippen molar-refractivity contribution in [1.29, 1.82) is 0 Å². The molecule has 0 radical (unpaired) electrons. The van der Waals surface area contributed by atoms with Crippen LogP contribution in [0.3, 0.4) is 0 Å². The quantitative estimate of drug-likeness (QED) is 0.114. The molecule has 64 heavy (non-hydrogen) atoms. The van der Waals surface area contributed by atoms with Crippen molar-refractivity contribution in [3.63, 3.8) is 0 Å². The molecule has 6 aliphatic rings. The van der Waals surface area contributed by atoms with Crippen molar-refractivity contribution in [1.82, 2.24) is 28.9 Å². The molecule has 4 saturated carbocycles. The number of imidazole rings is 2. The number of carbonyl (C=O) groups is 3. The third kappa shape index (κ3) is 7.55. The summed E-state index contributed by atoms with van der Waals surface area (Å²) < 4.78 is 127. The standard InChI is InChI=1S/C49H60ClFN8O5/c1-56-37-11-23-59(25-21-47-16-18-49(29-47,19-17-47)45(62)63)27-35(37)52-41(56)43(60)54-33-8-4-6-31(39(33)50)32-7-5-9-34(40(32)51)55-44(61)42-53-36-26-58(22-10-38(36)57(42)2)24-20-46-12-14-48(28-46,15-13-46)30-64-3/h4-9H,10-30H2,1-3H3,(H,54,60)(H,55,61)(H,62,63)/i1D3,2D3,4D,5D,6D,7D,8D,9D. The number of carbonyl (C=O) groups excluding carboxylic acids is 2. The molecular weight excluding hydrogens is 835 g/mol. The summed E-state index contributed by atoms with van der Waals surface area (Å²) in [6.07, 6.45) is 11.2. The summed E-state index contributed by atoms with van der Waals surface area (Å²) in [5.41, 5.74) is -2.58. The molecule has 4 aliphatic carbocycles. The van der Waals surface area contributed by atoms with Crippen LogP contribution < -0.4 is 10.6 Å². The van der Waals surface area contributed by atoms with Crippen molar-refractivity contribution >= 4 is 40.8 Å². The van der Waals surface area contributed by atoms with E-state index < -0.39 is 118 Å². The number of halogens is 2. The fourth-order valence-corrected chi connectivity index (χ4v) is 12.5. The fraction of sp³-hybridized carbons (Fsp3) is 0.571. The fourth-order valence-electron chi connectivity index (χ4n) is 12.2. The predicted octanol–water partition coefficient (Wildman–Crippen LogP) is 8.25. The molecular formula is C49H60ClFN8O5. The minimum atomic E-state index is -2.93. The molecule has 0 saturated heterocycles. The largest absolute Gasteiger partial charge is 0.481 e.